The molecule has 0 aromatic heterocycles. The van der Waals surface area contributed by atoms with Crippen LogP contribution in [-0.2, 0) is 32.1 Å². The maximum absolute atomic E-state index is 14.9. The average Bonchev–Trinajstić information content (AvgIpc) is 3.84. The Kier molecular flexibility index (Phi) is 16.7. The van der Waals surface area contributed by atoms with E-state index < -0.39 is 36.2 Å². The van der Waals surface area contributed by atoms with Gasteiger partial charge in [-0.2, -0.15) is 0 Å². The number of unbranched alkanes of at least 4 members (excludes halogenated alkanes) is 2. The summed E-state index contributed by atoms with van der Waals surface area (Å²) < 4.78 is 44.0. The highest BCUT2D eigenvalue weighted by Crippen LogP contribution is 2.62. The minimum atomic E-state index is -1.56. The Balaban J connectivity index is 1.29. The molecule has 7 atom stereocenters. The Morgan fingerprint density at radius 1 is 0.912 bits per heavy atom. The van der Waals surface area contributed by atoms with Crippen molar-refractivity contribution in [3.05, 3.63) is 120 Å². The first kappa shape index (κ1) is 48.6. The van der Waals surface area contributed by atoms with Crippen LogP contribution in [0.25, 0.3) is 0 Å². The highest BCUT2D eigenvalue weighted by atomic mass is 16.8. The Morgan fingerprint density at radius 2 is 1.72 bits per heavy atom. The lowest BCUT2D eigenvalue weighted by Gasteiger charge is -2.59. The standard InChI is InChI=1S/C53H65N3O12/c1-3-5-27-62-52(60)56(34-37-20-22-45-46(29-37)64-35-63-45)47-32-43(55-68-48-19-11-14-28-61-48)41-30-38(17-9-12-24-57)40(18-10-13-25-58)49-42-31-39(66-51(59)54-33-36-15-7-6-8-16-36)21-23-44(42)67-53(47,50(41)49)65-26-4-2/h3-4,6-8,15-16,20-23,29-31,38,40,47-50,57-58H,1-2,5,9-14,17-19,24-28,32-35H2,(H,54,59)/t38-,40+,47-,48?,49+,50+,53+/m0/s1. The molecule has 0 radical (unpaired) electrons. The van der Waals surface area contributed by atoms with Crippen molar-refractivity contribution in [3.8, 4) is 23.0 Å². The predicted octanol–water partition coefficient (Wildman–Crippen LogP) is 9.08. The van der Waals surface area contributed by atoms with Crippen LogP contribution in [0, 0.1) is 17.8 Å². The summed E-state index contributed by atoms with van der Waals surface area (Å²) >= 11 is 0. The molecule has 0 bridgehead atoms. The maximum Gasteiger partial charge on any atom is 0.412 e. The molecule has 2 fully saturated rings. The van der Waals surface area contributed by atoms with E-state index in [1.54, 1.807) is 23.1 Å². The quantitative estimate of drug-likeness (QED) is 0.0496. The van der Waals surface area contributed by atoms with Crippen LogP contribution in [-0.4, -0.2) is 91.0 Å². The first-order chi connectivity index (χ1) is 33.3. The van der Waals surface area contributed by atoms with Gasteiger partial charge in [-0.25, -0.2) is 9.59 Å². The molecular formula is C53H65N3O12. The van der Waals surface area contributed by atoms with Crippen LogP contribution >= 0.6 is 0 Å². The Morgan fingerprint density at radius 3 is 2.50 bits per heavy atom. The molecule has 1 unspecified atom stereocenters. The van der Waals surface area contributed by atoms with E-state index in [-0.39, 0.29) is 70.5 Å². The van der Waals surface area contributed by atoms with Crippen LogP contribution in [0.1, 0.15) is 93.2 Å². The van der Waals surface area contributed by atoms with Crippen molar-refractivity contribution in [2.45, 2.75) is 108 Å². The number of fused-ring (bicyclic) bond motifs is 3. The molecule has 0 spiro atoms. The van der Waals surface area contributed by atoms with Gasteiger partial charge in [-0.15, -0.1) is 13.2 Å². The third-order valence-electron chi connectivity index (χ3n) is 13.5. The number of benzene rings is 3. The number of aliphatic hydroxyl groups is 2. The minimum absolute atomic E-state index is 0.0143. The minimum Gasteiger partial charge on any atom is -0.459 e. The van der Waals surface area contributed by atoms with Crippen molar-refractivity contribution in [1.29, 1.82) is 0 Å². The lowest BCUT2D eigenvalue weighted by molar-refractivity contribution is -0.256. The highest BCUT2D eigenvalue weighted by molar-refractivity contribution is 6.03. The first-order valence-corrected chi connectivity index (χ1v) is 24.1. The molecular weight excluding hydrogens is 871 g/mol. The Hall–Kier alpha value is -5.87. The fraction of sp³-hybridized carbons (Fsp3) is 0.491. The van der Waals surface area contributed by atoms with Gasteiger partial charge in [-0.3, -0.25) is 4.90 Å². The Labute approximate surface area is 398 Å². The van der Waals surface area contributed by atoms with Gasteiger partial charge in [-0.05, 0) is 104 Å². The molecule has 3 aliphatic heterocycles. The summed E-state index contributed by atoms with van der Waals surface area (Å²) in [4.78, 5) is 36.2. The fourth-order valence-corrected chi connectivity index (χ4v) is 10.4. The smallest absolute Gasteiger partial charge is 0.412 e. The van der Waals surface area contributed by atoms with Gasteiger partial charge in [0.1, 0.15) is 17.5 Å². The molecule has 68 heavy (non-hydrogen) atoms. The van der Waals surface area contributed by atoms with Crippen molar-refractivity contribution in [1.82, 2.24) is 10.2 Å². The summed E-state index contributed by atoms with van der Waals surface area (Å²) in [6.07, 6.45) is 11.3. The van der Waals surface area contributed by atoms with Crippen LogP contribution in [0.3, 0.4) is 0 Å². The van der Waals surface area contributed by atoms with Gasteiger partial charge in [0.2, 0.25) is 18.9 Å². The molecule has 2 aliphatic carbocycles. The second-order valence-electron chi connectivity index (χ2n) is 17.9. The second kappa shape index (κ2) is 23.4. The van der Waals surface area contributed by atoms with E-state index in [9.17, 15) is 19.8 Å². The molecule has 1 saturated heterocycles. The molecule has 5 aliphatic rings. The first-order valence-electron chi connectivity index (χ1n) is 24.1. The number of rotatable bonds is 22. The molecule has 1 saturated carbocycles. The predicted molar refractivity (Wildman–Crippen MR) is 253 cm³/mol. The fourth-order valence-electron chi connectivity index (χ4n) is 10.4. The average molecular weight is 936 g/mol. The van der Waals surface area contributed by atoms with Gasteiger partial charge in [0.05, 0.1) is 31.5 Å². The summed E-state index contributed by atoms with van der Waals surface area (Å²) in [6.45, 7) is 9.19. The number of aliphatic hydroxyl groups excluding tert-OH is 2. The summed E-state index contributed by atoms with van der Waals surface area (Å²) in [7, 11) is 0. The van der Waals surface area contributed by atoms with E-state index in [0.29, 0.717) is 61.0 Å². The number of hydrogen-bond acceptors (Lipinski definition) is 13. The number of oxime groups is 1. The van der Waals surface area contributed by atoms with Crippen molar-refractivity contribution in [3.63, 3.8) is 0 Å². The number of carbonyl (C=O) groups is 2. The van der Waals surface area contributed by atoms with Crippen LogP contribution < -0.4 is 24.3 Å². The Bertz CT molecular complexity index is 2260. The lowest BCUT2D eigenvalue weighted by Crippen LogP contribution is -2.70. The summed E-state index contributed by atoms with van der Waals surface area (Å²) in [5.41, 5.74) is 3.97. The molecule has 3 heterocycles. The van der Waals surface area contributed by atoms with E-state index in [1.165, 1.54) is 0 Å². The van der Waals surface area contributed by atoms with Crippen molar-refractivity contribution in [2.75, 3.05) is 39.8 Å². The number of amides is 2. The van der Waals surface area contributed by atoms with Crippen LogP contribution in [0.2, 0.25) is 0 Å². The van der Waals surface area contributed by atoms with E-state index in [4.69, 9.17) is 43.2 Å². The van der Waals surface area contributed by atoms with E-state index in [1.807, 2.05) is 60.7 Å². The monoisotopic (exact) mass is 935 g/mol. The molecule has 364 valence electrons. The second-order valence-corrected chi connectivity index (χ2v) is 17.9. The molecule has 15 nitrogen and oxygen atoms in total. The number of nitrogens with one attached hydrogen (secondary N) is 1. The summed E-state index contributed by atoms with van der Waals surface area (Å²) in [5, 5.41) is 27.9. The largest absolute Gasteiger partial charge is 0.459 e. The van der Waals surface area contributed by atoms with Crippen molar-refractivity contribution >= 4 is 17.9 Å². The number of hydrogen-bond donors (Lipinski definition) is 3. The van der Waals surface area contributed by atoms with Gasteiger partial charge in [0.25, 0.3) is 0 Å². The van der Waals surface area contributed by atoms with Gasteiger partial charge in [-0.1, -0.05) is 72.6 Å². The molecule has 2 amide bonds. The third kappa shape index (κ3) is 11.2. The zero-order valence-electron chi connectivity index (χ0n) is 38.8. The summed E-state index contributed by atoms with van der Waals surface area (Å²) in [5.74, 6) is -0.597. The third-order valence-corrected chi connectivity index (χ3v) is 13.5. The lowest BCUT2D eigenvalue weighted by atomic mass is 9.55. The van der Waals surface area contributed by atoms with Crippen LogP contribution in [0.4, 0.5) is 9.59 Å². The molecule has 8 rings (SSSR count). The topological polar surface area (TPSA) is 176 Å². The zero-order chi connectivity index (χ0) is 47.3. The highest BCUT2D eigenvalue weighted by Gasteiger charge is 2.66. The SMILES string of the molecule is C=CCCOC(=O)N(Cc1ccc2c(c1)OCO2)[C@H]1CC(=NOC2CCCCO2)C2=C[C@H](CCCCO)[C@@H](CCCCO)[C@@H]3c4cc(OC(=O)NCc5ccccc5)ccc4O[C@@]1(OCC=C)[C@H]23. The van der Waals surface area contributed by atoms with Crippen LogP contribution in [0.15, 0.2) is 109 Å². The van der Waals surface area contributed by atoms with Crippen LogP contribution in [0.5, 0.6) is 23.0 Å². The van der Waals surface area contributed by atoms with Gasteiger partial charge in [0.15, 0.2) is 11.5 Å². The van der Waals surface area contributed by atoms with Crippen molar-refractivity contribution in [2.24, 2.45) is 22.9 Å². The van der Waals surface area contributed by atoms with Gasteiger partial charge >= 0.3 is 12.2 Å². The van der Waals surface area contributed by atoms with E-state index in [2.05, 4.69) is 24.6 Å². The van der Waals surface area contributed by atoms with Gasteiger partial charge < -0.3 is 53.5 Å². The number of ether oxygens (including phenoxy) is 7. The summed E-state index contributed by atoms with van der Waals surface area (Å²) in [6, 6.07) is 19.7. The zero-order valence-corrected chi connectivity index (χ0v) is 38.8. The van der Waals surface area contributed by atoms with Gasteiger partial charge in [0, 0.05) is 50.6 Å². The molecule has 15 heteroatoms. The molecule has 3 aromatic carbocycles. The molecule has 3 aromatic rings. The number of carbonyl (C=O) groups excluding carboxylic acids is 2. The normalized spacial score (nSPS) is 24.9. The van der Waals surface area contributed by atoms with Crippen molar-refractivity contribution < 1.29 is 57.8 Å². The maximum atomic E-state index is 14.9. The number of allylic oxidation sites excluding steroid dienone is 1. The number of nitrogens with zero attached hydrogens (tertiary/aromatic N) is 2. The molecule has 3 N–H and O–H groups in total. The van der Waals surface area contributed by atoms with E-state index >= 15 is 0 Å². The van der Waals surface area contributed by atoms with E-state index in [0.717, 1.165) is 60.8 Å².